The number of fused-ring (bicyclic) bond motifs is 1. The number of rotatable bonds is 8. The molecular formula is C24H26N2O4S. The van der Waals surface area contributed by atoms with Gasteiger partial charge in [-0.2, -0.15) is 0 Å². The monoisotopic (exact) mass is 438 g/mol. The molecule has 0 unspecified atom stereocenters. The number of ether oxygens (including phenoxy) is 1. The highest BCUT2D eigenvalue weighted by atomic mass is 32.2. The Hall–Kier alpha value is -2.90. The summed E-state index contributed by atoms with van der Waals surface area (Å²) in [5, 5.41) is 4.98. The van der Waals surface area contributed by atoms with Gasteiger partial charge in [-0.25, -0.2) is 12.7 Å². The summed E-state index contributed by atoms with van der Waals surface area (Å²) < 4.78 is 32.2. The fourth-order valence-electron chi connectivity index (χ4n) is 3.77. The van der Waals surface area contributed by atoms with E-state index < -0.39 is 10.0 Å². The summed E-state index contributed by atoms with van der Waals surface area (Å²) in [5.41, 5.74) is 1.18. The van der Waals surface area contributed by atoms with Crippen LogP contribution in [-0.2, 0) is 15.8 Å². The Morgan fingerprint density at radius 1 is 0.935 bits per heavy atom. The SMILES string of the molecule is O=C(NCCOc1cccc2ccccc12)c1ccc(CS(=O)(=O)N2CCCC2)cc1. The molecule has 0 aromatic heterocycles. The lowest BCUT2D eigenvalue weighted by Gasteiger charge is -2.15. The first-order valence-corrected chi connectivity index (χ1v) is 12.1. The molecule has 1 amide bonds. The average molecular weight is 439 g/mol. The first-order chi connectivity index (χ1) is 15.0. The van der Waals surface area contributed by atoms with E-state index in [-0.39, 0.29) is 11.7 Å². The van der Waals surface area contributed by atoms with Gasteiger partial charge in [0.1, 0.15) is 12.4 Å². The van der Waals surface area contributed by atoms with Gasteiger partial charge in [-0.15, -0.1) is 0 Å². The molecule has 3 aromatic carbocycles. The van der Waals surface area contributed by atoms with Gasteiger partial charge in [-0.1, -0.05) is 48.5 Å². The van der Waals surface area contributed by atoms with Gasteiger partial charge in [-0.3, -0.25) is 4.79 Å². The Balaban J connectivity index is 1.28. The predicted molar refractivity (Wildman–Crippen MR) is 122 cm³/mol. The van der Waals surface area contributed by atoms with Crippen molar-refractivity contribution in [3.8, 4) is 5.75 Å². The first-order valence-electron chi connectivity index (χ1n) is 10.5. The molecule has 1 fully saturated rings. The van der Waals surface area contributed by atoms with Crippen LogP contribution in [0.2, 0.25) is 0 Å². The molecule has 1 N–H and O–H groups in total. The van der Waals surface area contributed by atoms with Gasteiger partial charge < -0.3 is 10.1 Å². The third-order valence-corrected chi connectivity index (χ3v) is 7.27. The van der Waals surface area contributed by atoms with Crippen molar-refractivity contribution in [2.75, 3.05) is 26.2 Å². The molecule has 1 heterocycles. The molecule has 1 aliphatic rings. The van der Waals surface area contributed by atoms with Crippen molar-refractivity contribution in [2.24, 2.45) is 0 Å². The number of carbonyl (C=O) groups is 1. The van der Waals surface area contributed by atoms with E-state index in [0.717, 1.165) is 29.4 Å². The number of nitrogens with one attached hydrogen (secondary N) is 1. The maximum atomic E-state index is 12.4. The molecule has 0 spiro atoms. The molecule has 7 heteroatoms. The summed E-state index contributed by atoms with van der Waals surface area (Å²) in [4.78, 5) is 12.4. The molecule has 0 radical (unpaired) electrons. The lowest BCUT2D eigenvalue weighted by Crippen LogP contribution is -2.29. The Bertz CT molecular complexity index is 1150. The molecule has 3 aromatic rings. The number of carbonyl (C=O) groups excluding carboxylic acids is 1. The van der Waals surface area contributed by atoms with Crippen LogP contribution in [0.5, 0.6) is 5.75 Å². The molecule has 31 heavy (non-hydrogen) atoms. The third kappa shape index (κ3) is 5.24. The highest BCUT2D eigenvalue weighted by Crippen LogP contribution is 2.25. The smallest absolute Gasteiger partial charge is 0.251 e. The lowest BCUT2D eigenvalue weighted by atomic mass is 10.1. The van der Waals surface area contributed by atoms with E-state index in [2.05, 4.69) is 5.32 Å². The molecular weight excluding hydrogens is 412 g/mol. The van der Waals surface area contributed by atoms with Crippen molar-refractivity contribution >= 4 is 26.7 Å². The Labute approximate surface area is 182 Å². The standard InChI is InChI=1S/C24H26N2O4S/c27-24(25-14-17-30-23-9-5-7-20-6-1-2-8-22(20)23)21-12-10-19(11-13-21)18-31(28,29)26-15-3-4-16-26/h1-2,5-13H,3-4,14-18H2,(H,25,27). The van der Waals surface area contributed by atoms with E-state index in [1.165, 1.54) is 0 Å². The van der Waals surface area contributed by atoms with Crippen LogP contribution in [0, 0.1) is 0 Å². The number of amides is 1. The fraction of sp³-hybridized carbons (Fsp3) is 0.292. The summed E-state index contributed by atoms with van der Waals surface area (Å²) in [7, 11) is -3.29. The predicted octanol–water partition coefficient (Wildman–Crippen LogP) is 3.57. The average Bonchev–Trinajstić information content (AvgIpc) is 3.33. The minimum Gasteiger partial charge on any atom is -0.491 e. The molecule has 0 saturated carbocycles. The zero-order chi connectivity index (χ0) is 21.7. The number of nitrogens with zero attached hydrogens (tertiary/aromatic N) is 1. The van der Waals surface area contributed by atoms with E-state index in [1.54, 1.807) is 28.6 Å². The van der Waals surface area contributed by atoms with Gasteiger partial charge >= 0.3 is 0 Å². The highest BCUT2D eigenvalue weighted by molar-refractivity contribution is 7.88. The molecule has 1 aliphatic heterocycles. The van der Waals surface area contributed by atoms with Gasteiger partial charge in [0, 0.05) is 24.0 Å². The maximum Gasteiger partial charge on any atom is 0.251 e. The summed E-state index contributed by atoms with van der Waals surface area (Å²) >= 11 is 0. The van der Waals surface area contributed by atoms with Crippen molar-refractivity contribution in [3.05, 3.63) is 77.9 Å². The molecule has 162 valence electrons. The van der Waals surface area contributed by atoms with E-state index in [4.69, 9.17) is 4.74 Å². The Kier molecular flexibility index (Phi) is 6.53. The molecule has 0 aliphatic carbocycles. The van der Waals surface area contributed by atoms with E-state index in [9.17, 15) is 13.2 Å². The zero-order valence-electron chi connectivity index (χ0n) is 17.3. The molecule has 0 atom stereocenters. The third-order valence-electron chi connectivity index (χ3n) is 5.42. The molecule has 6 nitrogen and oxygen atoms in total. The van der Waals surface area contributed by atoms with Gasteiger partial charge in [0.05, 0.1) is 12.3 Å². The Morgan fingerprint density at radius 3 is 2.42 bits per heavy atom. The van der Waals surface area contributed by atoms with Crippen LogP contribution in [0.1, 0.15) is 28.8 Å². The van der Waals surface area contributed by atoms with Crippen molar-refractivity contribution in [1.82, 2.24) is 9.62 Å². The number of hydrogen-bond donors (Lipinski definition) is 1. The zero-order valence-corrected chi connectivity index (χ0v) is 18.1. The van der Waals surface area contributed by atoms with Crippen LogP contribution in [0.3, 0.4) is 0 Å². The van der Waals surface area contributed by atoms with Crippen LogP contribution in [-0.4, -0.2) is 44.9 Å². The number of hydrogen-bond acceptors (Lipinski definition) is 4. The van der Waals surface area contributed by atoms with Crippen LogP contribution in [0.25, 0.3) is 10.8 Å². The second kappa shape index (κ2) is 9.49. The van der Waals surface area contributed by atoms with E-state index in [1.807, 2.05) is 42.5 Å². The van der Waals surface area contributed by atoms with Crippen molar-refractivity contribution in [1.29, 1.82) is 0 Å². The quantitative estimate of drug-likeness (QED) is 0.546. The number of sulfonamides is 1. The summed E-state index contributed by atoms with van der Waals surface area (Å²) in [6, 6.07) is 20.6. The summed E-state index contributed by atoms with van der Waals surface area (Å²) in [5.74, 6) is 0.541. The fourth-order valence-corrected chi connectivity index (χ4v) is 5.38. The number of benzene rings is 3. The first kappa shape index (κ1) is 21.3. The minimum absolute atomic E-state index is 0.0340. The highest BCUT2D eigenvalue weighted by Gasteiger charge is 2.25. The largest absolute Gasteiger partial charge is 0.491 e. The molecule has 4 rings (SSSR count). The van der Waals surface area contributed by atoms with Crippen LogP contribution < -0.4 is 10.1 Å². The Morgan fingerprint density at radius 2 is 1.65 bits per heavy atom. The molecule has 0 bridgehead atoms. The van der Waals surface area contributed by atoms with Gasteiger partial charge in [-0.05, 0) is 42.0 Å². The second-order valence-electron chi connectivity index (χ2n) is 7.64. The van der Waals surface area contributed by atoms with Crippen LogP contribution in [0.4, 0.5) is 0 Å². The normalized spacial score (nSPS) is 14.6. The van der Waals surface area contributed by atoms with Crippen LogP contribution >= 0.6 is 0 Å². The van der Waals surface area contributed by atoms with E-state index >= 15 is 0 Å². The van der Waals surface area contributed by atoms with Crippen molar-refractivity contribution < 1.29 is 17.9 Å². The van der Waals surface area contributed by atoms with Crippen molar-refractivity contribution in [3.63, 3.8) is 0 Å². The van der Waals surface area contributed by atoms with E-state index in [0.29, 0.717) is 37.4 Å². The minimum atomic E-state index is -3.29. The van der Waals surface area contributed by atoms with Gasteiger partial charge in [0.15, 0.2) is 0 Å². The lowest BCUT2D eigenvalue weighted by molar-refractivity contribution is 0.0947. The maximum absolute atomic E-state index is 12.4. The van der Waals surface area contributed by atoms with Gasteiger partial charge in [0.2, 0.25) is 10.0 Å². The van der Waals surface area contributed by atoms with Crippen molar-refractivity contribution in [2.45, 2.75) is 18.6 Å². The summed E-state index contributed by atoms with van der Waals surface area (Å²) in [6.45, 7) is 1.92. The van der Waals surface area contributed by atoms with Crippen LogP contribution in [0.15, 0.2) is 66.7 Å². The van der Waals surface area contributed by atoms with Gasteiger partial charge in [0.25, 0.3) is 5.91 Å². The molecule has 1 saturated heterocycles. The summed E-state index contributed by atoms with van der Waals surface area (Å²) in [6.07, 6.45) is 1.84. The second-order valence-corrected chi connectivity index (χ2v) is 9.61. The topological polar surface area (TPSA) is 75.7 Å².